The van der Waals surface area contributed by atoms with Gasteiger partial charge >= 0.3 is 0 Å². The number of nitrogens with one attached hydrogen (secondary N) is 2. The van der Waals surface area contributed by atoms with Crippen LogP contribution in [0.2, 0.25) is 5.02 Å². The van der Waals surface area contributed by atoms with Gasteiger partial charge in [0.2, 0.25) is 5.91 Å². The lowest BCUT2D eigenvalue weighted by Gasteiger charge is -2.36. The third-order valence-electron chi connectivity index (χ3n) is 5.03. The number of amides is 1. The Kier molecular flexibility index (Phi) is 9.41. The minimum absolute atomic E-state index is 0. The van der Waals surface area contributed by atoms with Crippen LogP contribution in [0.25, 0.3) is 0 Å². The summed E-state index contributed by atoms with van der Waals surface area (Å²) >= 11 is 6.23. The number of hydrogen-bond acceptors (Lipinski definition) is 5. The van der Waals surface area contributed by atoms with Crippen LogP contribution in [0, 0.1) is 5.41 Å². The van der Waals surface area contributed by atoms with E-state index in [0.29, 0.717) is 11.6 Å². The lowest BCUT2D eigenvalue weighted by atomic mass is 9.78. The predicted molar refractivity (Wildman–Crippen MR) is 109 cm³/mol. The lowest BCUT2D eigenvalue weighted by molar-refractivity contribution is -0.136. The summed E-state index contributed by atoms with van der Waals surface area (Å²) in [5, 5.41) is 7.20. The molecule has 0 bridgehead atoms. The number of aromatic nitrogens is 1. The van der Waals surface area contributed by atoms with Gasteiger partial charge in [0.1, 0.15) is 5.82 Å². The highest BCUT2D eigenvalue weighted by atomic mass is 35.5. The molecule has 2 fully saturated rings. The van der Waals surface area contributed by atoms with E-state index in [2.05, 4.69) is 20.5 Å². The number of methoxy groups -OCH3 is 1. The lowest BCUT2D eigenvalue weighted by Crippen LogP contribution is -2.52. The number of hydrogen-bond donors (Lipinski definition) is 2. The number of nitrogens with zero attached hydrogens (tertiary/aromatic N) is 2. The first-order valence-corrected chi connectivity index (χ1v) is 8.88. The van der Waals surface area contributed by atoms with Crippen molar-refractivity contribution in [1.82, 2.24) is 15.6 Å². The van der Waals surface area contributed by atoms with Gasteiger partial charge in [-0.15, -0.1) is 24.8 Å². The molecule has 0 aliphatic carbocycles. The average Bonchev–Trinajstić information content (AvgIpc) is 3.04. The summed E-state index contributed by atoms with van der Waals surface area (Å²) in [7, 11) is 1.66. The third-order valence-corrected chi connectivity index (χ3v) is 5.32. The molecule has 0 spiro atoms. The average molecular weight is 426 g/mol. The summed E-state index contributed by atoms with van der Waals surface area (Å²) in [5.74, 6) is 0.911. The maximum Gasteiger partial charge on any atom is 0.228 e. The van der Waals surface area contributed by atoms with Gasteiger partial charge in [-0.3, -0.25) is 4.79 Å². The fourth-order valence-corrected chi connectivity index (χ4v) is 3.88. The summed E-state index contributed by atoms with van der Waals surface area (Å²) < 4.78 is 5.35. The van der Waals surface area contributed by atoms with Crippen molar-refractivity contribution >= 4 is 48.1 Å². The minimum atomic E-state index is -0.407. The largest absolute Gasteiger partial charge is 0.384 e. The molecule has 1 amide bonds. The summed E-state index contributed by atoms with van der Waals surface area (Å²) in [6.45, 7) is 3.78. The van der Waals surface area contributed by atoms with Crippen LogP contribution >= 0.6 is 36.4 Å². The van der Waals surface area contributed by atoms with Crippen molar-refractivity contribution in [3.63, 3.8) is 0 Å². The topological polar surface area (TPSA) is 66.5 Å². The second-order valence-electron chi connectivity index (χ2n) is 6.68. The van der Waals surface area contributed by atoms with Gasteiger partial charge < -0.3 is 20.3 Å². The maximum atomic E-state index is 12.9. The number of ether oxygens (including phenoxy) is 1. The smallest absolute Gasteiger partial charge is 0.228 e. The molecule has 1 aromatic heterocycles. The predicted octanol–water partition coefficient (Wildman–Crippen LogP) is 2.29. The van der Waals surface area contributed by atoms with Crippen molar-refractivity contribution in [3.05, 3.63) is 23.4 Å². The van der Waals surface area contributed by atoms with E-state index in [1.165, 1.54) is 0 Å². The molecule has 1 unspecified atom stereocenters. The first-order chi connectivity index (χ1) is 11.6. The molecule has 0 aromatic carbocycles. The van der Waals surface area contributed by atoms with Crippen LogP contribution in [0.3, 0.4) is 0 Å². The molecule has 2 saturated heterocycles. The Bertz CT molecular complexity index is 579. The SMILES string of the molecule is COCC1(C(=O)NC2CCN(c3ncccc3Cl)C2)CCNCC1.Cl.Cl. The molecule has 148 valence electrons. The Morgan fingerprint density at radius 3 is 2.85 bits per heavy atom. The Hall–Kier alpha value is -0.790. The zero-order valence-corrected chi connectivity index (χ0v) is 17.3. The van der Waals surface area contributed by atoms with Crippen molar-refractivity contribution in [2.45, 2.75) is 25.3 Å². The number of halogens is 3. The van der Waals surface area contributed by atoms with Crippen LogP contribution in [-0.4, -0.2) is 56.8 Å². The zero-order chi connectivity index (χ0) is 17.0. The van der Waals surface area contributed by atoms with E-state index in [-0.39, 0.29) is 36.8 Å². The number of anilines is 1. The van der Waals surface area contributed by atoms with Gasteiger partial charge in [-0.2, -0.15) is 0 Å². The molecule has 1 aromatic rings. The van der Waals surface area contributed by atoms with Gasteiger partial charge in [0, 0.05) is 32.4 Å². The molecule has 6 nitrogen and oxygen atoms in total. The van der Waals surface area contributed by atoms with E-state index in [9.17, 15) is 4.79 Å². The number of carbonyl (C=O) groups is 1. The first-order valence-electron chi connectivity index (χ1n) is 8.51. The van der Waals surface area contributed by atoms with E-state index in [1.54, 1.807) is 13.3 Å². The van der Waals surface area contributed by atoms with Crippen molar-refractivity contribution in [3.8, 4) is 0 Å². The van der Waals surface area contributed by atoms with Crippen molar-refractivity contribution < 1.29 is 9.53 Å². The molecule has 3 heterocycles. The van der Waals surface area contributed by atoms with Crippen LogP contribution < -0.4 is 15.5 Å². The van der Waals surface area contributed by atoms with E-state index >= 15 is 0 Å². The number of carbonyl (C=O) groups excluding carboxylic acids is 1. The van der Waals surface area contributed by atoms with E-state index < -0.39 is 5.41 Å². The van der Waals surface area contributed by atoms with Crippen molar-refractivity contribution in [2.75, 3.05) is 44.8 Å². The highest BCUT2D eigenvalue weighted by molar-refractivity contribution is 6.32. The standard InChI is InChI=1S/C17H25ClN4O2.2ClH/c1-24-12-17(5-8-19-9-6-17)16(23)21-13-4-10-22(11-13)15-14(18)3-2-7-20-15;;/h2-3,7,13,19H,4-6,8-12H2,1H3,(H,21,23);2*1H. The van der Waals surface area contributed by atoms with Gasteiger partial charge in [0.05, 0.1) is 17.0 Å². The first kappa shape index (κ1) is 23.2. The van der Waals surface area contributed by atoms with Gasteiger partial charge in [-0.25, -0.2) is 4.98 Å². The molecule has 1 atom stereocenters. The molecule has 26 heavy (non-hydrogen) atoms. The molecule has 0 saturated carbocycles. The number of pyridine rings is 1. The Balaban J connectivity index is 0.00000169. The Labute approximate surface area is 172 Å². The quantitative estimate of drug-likeness (QED) is 0.758. The second-order valence-corrected chi connectivity index (χ2v) is 7.08. The van der Waals surface area contributed by atoms with Crippen molar-refractivity contribution in [2.24, 2.45) is 5.41 Å². The van der Waals surface area contributed by atoms with E-state index in [4.69, 9.17) is 16.3 Å². The third kappa shape index (κ3) is 5.14. The molecule has 3 rings (SSSR count). The van der Waals surface area contributed by atoms with E-state index in [0.717, 1.165) is 51.3 Å². The summed E-state index contributed by atoms with van der Waals surface area (Å²) in [6, 6.07) is 3.80. The van der Waals surface area contributed by atoms with Crippen LogP contribution in [0.15, 0.2) is 18.3 Å². The molecule has 0 radical (unpaired) electrons. The monoisotopic (exact) mass is 424 g/mol. The zero-order valence-electron chi connectivity index (χ0n) is 14.9. The van der Waals surface area contributed by atoms with Gasteiger partial charge in [0.25, 0.3) is 0 Å². The van der Waals surface area contributed by atoms with Crippen LogP contribution in [0.1, 0.15) is 19.3 Å². The number of piperidine rings is 1. The fourth-order valence-electron chi connectivity index (χ4n) is 3.64. The summed E-state index contributed by atoms with van der Waals surface area (Å²) in [6.07, 6.45) is 4.28. The highest BCUT2D eigenvalue weighted by Crippen LogP contribution is 2.31. The van der Waals surface area contributed by atoms with Crippen LogP contribution in [0.5, 0.6) is 0 Å². The van der Waals surface area contributed by atoms with Gasteiger partial charge in [-0.05, 0) is 44.5 Å². The second kappa shape index (κ2) is 10.5. The highest BCUT2D eigenvalue weighted by Gasteiger charge is 2.41. The molecule has 9 heteroatoms. The Morgan fingerprint density at radius 2 is 2.19 bits per heavy atom. The molecular weight excluding hydrogens is 399 g/mol. The number of rotatable bonds is 5. The molecule has 2 aliphatic heterocycles. The Morgan fingerprint density at radius 1 is 1.46 bits per heavy atom. The fraction of sp³-hybridized carbons (Fsp3) is 0.647. The molecule has 2 N–H and O–H groups in total. The van der Waals surface area contributed by atoms with Crippen molar-refractivity contribution in [1.29, 1.82) is 0 Å². The van der Waals surface area contributed by atoms with Gasteiger partial charge in [-0.1, -0.05) is 11.6 Å². The molecular formula is C17H27Cl3N4O2. The normalized spacial score (nSPS) is 21.5. The maximum absolute atomic E-state index is 12.9. The van der Waals surface area contributed by atoms with Crippen LogP contribution in [0.4, 0.5) is 5.82 Å². The molecule has 2 aliphatic rings. The van der Waals surface area contributed by atoms with Gasteiger partial charge in [0.15, 0.2) is 0 Å². The summed E-state index contributed by atoms with van der Waals surface area (Å²) in [4.78, 5) is 19.4. The van der Waals surface area contributed by atoms with Crippen LogP contribution in [-0.2, 0) is 9.53 Å². The minimum Gasteiger partial charge on any atom is -0.384 e. The van der Waals surface area contributed by atoms with E-state index in [1.807, 2.05) is 12.1 Å². The summed E-state index contributed by atoms with van der Waals surface area (Å²) in [5.41, 5.74) is -0.407.